The average molecular weight is 382 g/mol. The quantitative estimate of drug-likeness (QED) is 0.513. The summed E-state index contributed by atoms with van der Waals surface area (Å²) in [5, 5.41) is 7.40. The molecule has 0 unspecified atom stereocenters. The van der Waals surface area contributed by atoms with Crippen molar-refractivity contribution in [1.29, 1.82) is 5.41 Å². The van der Waals surface area contributed by atoms with E-state index in [-0.39, 0.29) is 10.3 Å². The van der Waals surface area contributed by atoms with Crippen LogP contribution in [0.2, 0.25) is 0 Å². The highest BCUT2D eigenvalue weighted by molar-refractivity contribution is 9.10. The van der Waals surface area contributed by atoms with E-state index in [1.54, 1.807) is 12.1 Å². The number of aromatic nitrogens is 1. The number of hydrogen-bond donors (Lipinski definition) is 2. The molecule has 3 N–H and O–H groups in total. The molecule has 0 fully saturated rings. The van der Waals surface area contributed by atoms with Crippen LogP contribution in [0.15, 0.2) is 50.1 Å². The highest BCUT2D eigenvalue weighted by Gasteiger charge is 2.15. The number of halogens is 2. The Morgan fingerprint density at radius 1 is 1.29 bits per heavy atom. The third kappa shape index (κ3) is 2.81. The van der Waals surface area contributed by atoms with Gasteiger partial charge in [0.25, 0.3) is 0 Å². The van der Waals surface area contributed by atoms with Crippen LogP contribution in [0.1, 0.15) is 5.56 Å². The molecule has 1 aromatic heterocycles. The van der Waals surface area contributed by atoms with Gasteiger partial charge in [-0.2, -0.15) is 0 Å². The first kappa shape index (κ1) is 14.5. The molecule has 0 atom stereocenters. The molecule has 7 heteroatoms. The Kier molecular flexibility index (Phi) is 3.97. The molecule has 0 saturated heterocycles. The molecule has 1 heterocycles. The van der Waals surface area contributed by atoms with E-state index < -0.39 is 5.82 Å². The third-order valence-electron chi connectivity index (χ3n) is 2.81. The number of fused-ring (bicyclic) bond motifs is 1. The van der Waals surface area contributed by atoms with Gasteiger partial charge in [0, 0.05) is 5.56 Å². The standard InChI is InChI=1S/C14H9BrFN3S2/c15-11-7(13(17)18)5-6-10(12(11)16)21-14-19-8-3-1-2-4-9(8)20-14/h1-6H,(H3,17,18). The third-order valence-corrected chi connectivity index (χ3v) is 5.72. The van der Waals surface area contributed by atoms with Crippen LogP contribution in [0.4, 0.5) is 4.39 Å². The molecule has 0 aliphatic carbocycles. The normalized spacial score (nSPS) is 11.0. The summed E-state index contributed by atoms with van der Waals surface area (Å²) in [6, 6.07) is 11.0. The monoisotopic (exact) mass is 381 g/mol. The largest absolute Gasteiger partial charge is 0.384 e. The molecule has 0 amide bonds. The van der Waals surface area contributed by atoms with Crippen LogP contribution in [0.25, 0.3) is 10.2 Å². The van der Waals surface area contributed by atoms with Gasteiger partial charge in [-0.3, -0.25) is 5.41 Å². The second-order valence-corrected chi connectivity index (χ2v) is 7.32. The van der Waals surface area contributed by atoms with E-state index in [0.29, 0.717) is 10.5 Å². The molecule has 3 aromatic rings. The minimum atomic E-state index is -0.424. The maximum Gasteiger partial charge on any atom is 0.156 e. The first-order valence-electron chi connectivity index (χ1n) is 5.92. The van der Waals surface area contributed by atoms with Crippen LogP contribution in [0.5, 0.6) is 0 Å². The van der Waals surface area contributed by atoms with E-state index in [2.05, 4.69) is 20.9 Å². The van der Waals surface area contributed by atoms with Gasteiger partial charge in [-0.1, -0.05) is 23.9 Å². The lowest BCUT2D eigenvalue weighted by atomic mass is 10.2. The molecule has 0 bridgehead atoms. The molecule has 0 saturated carbocycles. The zero-order chi connectivity index (χ0) is 15.0. The summed E-state index contributed by atoms with van der Waals surface area (Å²) in [7, 11) is 0. The first-order valence-corrected chi connectivity index (χ1v) is 8.34. The first-order chi connectivity index (χ1) is 10.1. The molecule has 0 aliphatic heterocycles. The second kappa shape index (κ2) is 5.75. The van der Waals surface area contributed by atoms with Gasteiger partial charge in [0.05, 0.1) is 19.6 Å². The minimum Gasteiger partial charge on any atom is -0.384 e. The SMILES string of the molecule is N=C(N)c1ccc(Sc2nc3ccccc3s2)c(F)c1Br. The summed E-state index contributed by atoms with van der Waals surface area (Å²) in [5.41, 5.74) is 6.66. The van der Waals surface area contributed by atoms with E-state index in [1.807, 2.05) is 24.3 Å². The van der Waals surface area contributed by atoms with Gasteiger partial charge in [-0.15, -0.1) is 11.3 Å². The van der Waals surface area contributed by atoms with E-state index in [4.69, 9.17) is 11.1 Å². The Morgan fingerprint density at radius 3 is 2.76 bits per heavy atom. The van der Waals surface area contributed by atoms with Crippen molar-refractivity contribution in [2.24, 2.45) is 5.73 Å². The van der Waals surface area contributed by atoms with Gasteiger partial charge in [-0.25, -0.2) is 9.37 Å². The van der Waals surface area contributed by atoms with E-state index in [1.165, 1.54) is 23.1 Å². The van der Waals surface area contributed by atoms with E-state index >= 15 is 0 Å². The zero-order valence-electron chi connectivity index (χ0n) is 10.6. The molecular formula is C14H9BrFN3S2. The van der Waals surface area contributed by atoms with Crippen molar-refractivity contribution in [3.05, 3.63) is 52.3 Å². The number of nitrogens with one attached hydrogen (secondary N) is 1. The Hall–Kier alpha value is -1.44. The maximum absolute atomic E-state index is 14.3. The van der Waals surface area contributed by atoms with Crippen molar-refractivity contribution in [1.82, 2.24) is 4.98 Å². The maximum atomic E-state index is 14.3. The number of amidine groups is 1. The molecule has 3 nitrogen and oxygen atoms in total. The fraction of sp³-hybridized carbons (Fsp3) is 0. The Balaban J connectivity index is 1.98. The van der Waals surface area contributed by atoms with Crippen LogP contribution in [0.3, 0.4) is 0 Å². The summed E-state index contributed by atoms with van der Waals surface area (Å²) in [6.45, 7) is 0. The van der Waals surface area contributed by atoms with Crippen LogP contribution in [-0.2, 0) is 0 Å². The van der Waals surface area contributed by atoms with Crippen LogP contribution >= 0.6 is 39.0 Å². The van der Waals surface area contributed by atoms with Crippen LogP contribution in [0, 0.1) is 11.2 Å². The Morgan fingerprint density at radius 2 is 2.05 bits per heavy atom. The number of hydrogen-bond acceptors (Lipinski definition) is 4. The molecule has 0 radical (unpaired) electrons. The molecule has 21 heavy (non-hydrogen) atoms. The summed E-state index contributed by atoms with van der Waals surface area (Å²) in [6.07, 6.45) is 0. The van der Waals surface area contributed by atoms with Gasteiger partial charge in [0.2, 0.25) is 0 Å². The van der Waals surface area contributed by atoms with Gasteiger partial charge in [-0.05, 0) is 40.2 Å². The summed E-state index contributed by atoms with van der Waals surface area (Å²) in [5.74, 6) is -0.593. The molecule has 0 spiro atoms. The molecular weight excluding hydrogens is 373 g/mol. The summed E-state index contributed by atoms with van der Waals surface area (Å²) < 4.78 is 16.4. The van der Waals surface area contributed by atoms with Crippen molar-refractivity contribution >= 4 is 55.1 Å². The van der Waals surface area contributed by atoms with Crippen molar-refractivity contribution in [2.45, 2.75) is 9.24 Å². The number of nitrogen functional groups attached to an aromatic ring is 1. The molecule has 106 valence electrons. The predicted molar refractivity (Wildman–Crippen MR) is 88.9 cm³/mol. The molecule has 2 aromatic carbocycles. The second-order valence-electron chi connectivity index (χ2n) is 4.20. The van der Waals surface area contributed by atoms with Gasteiger partial charge < -0.3 is 5.73 Å². The highest BCUT2D eigenvalue weighted by Crippen LogP contribution is 2.37. The molecule has 3 rings (SSSR count). The summed E-state index contributed by atoms with van der Waals surface area (Å²) in [4.78, 5) is 4.92. The van der Waals surface area contributed by atoms with Gasteiger partial charge in [0.15, 0.2) is 10.2 Å². The van der Waals surface area contributed by atoms with Crippen molar-refractivity contribution in [3.63, 3.8) is 0 Å². The number of para-hydroxylation sites is 1. The lowest BCUT2D eigenvalue weighted by Crippen LogP contribution is -2.12. The Labute approximate surface area is 137 Å². The predicted octanol–water partition coefficient (Wildman–Crippen LogP) is 4.63. The van der Waals surface area contributed by atoms with E-state index in [9.17, 15) is 4.39 Å². The number of benzene rings is 2. The lowest BCUT2D eigenvalue weighted by molar-refractivity contribution is 0.594. The highest BCUT2D eigenvalue weighted by atomic mass is 79.9. The van der Waals surface area contributed by atoms with Crippen molar-refractivity contribution in [2.75, 3.05) is 0 Å². The van der Waals surface area contributed by atoms with Crippen molar-refractivity contribution in [3.8, 4) is 0 Å². The van der Waals surface area contributed by atoms with Gasteiger partial charge in [0.1, 0.15) is 5.84 Å². The smallest absolute Gasteiger partial charge is 0.156 e. The zero-order valence-corrected chi connectivity index (χ0v) is 13.8. The minimum absolute atomic E-state index is 0.169. The Bertz CT molecular complexity index is 814. The van der Waals surface area contributed by atoms with E-state index in [0.717, 1.165) is 14.6 Å². The number of thiazole rings is 1. The topological polar surface area (TPSA) is 62.8 Å². The van der Waals surface area contributed by atoms with Crippen molar-refractivity contribution < 1.29 is 4.39 Å². The average Bonchev–Trinajstić information content (AvgIpc) is 2.86. The fourth-order valence-corrected chi connectivity index (χ4v) is 4.56. The summed E-state index contributed by atoms with van der Waals surface area (Å²) >= 11 is 5.94. The molecule has 0 aliphatic rings. The lowest BCUT2D eigenvalue weighted by Gasteiger charge is -2.07. The van der Waals surface area contributed by atoms with Crippen LogP contribution < -0.4 is 5.73 Å². The number of rotatable bonds is 3. The number of nitrogens with two attached hydrogens (primary N) is 1. The van der Waals surface area contributed by atoms with Gasteiger partial charge >= 0.3 is 0 Å². The van der Waals surface area contributed by atoms with Crippen LogP contribution in [-0.4, -0.2) is 10.8 Å². The fourth-order valence-electron chi connectivity index (χ4n) is 1.81. The number of nitrogens with zero attached hydrogens (tertiary/aromatic N) is 1.